The Bertz CT molecular complexity index is 1340. The summed E-state index contributed by atoms with van der Waals surface area (Å²) in [5.41, 5.74) is 6.92. The zero-order valence-electron chi connectivity index (χ0n) is 21.3. The maximum atomic E-state index is 5.59. The predicted octanol–water partition coefficient (Wildman–Crippen LogP) is 7.09. The predicted molar refractivity (Wildman–Crippen MR) is 147 cm³/mol. The van der Waals surface area contributed by atoms with Crippen molar-refractivity contribution >= 4 is 16.6 Å². The molecule has 1 aliphatic rings. The van der Waals surface area contributed by atoms with Crippen LogP contribution in [0.2, 0.25) is 0 Å². The number of pyridine rings is 1. The summed E-state index contributed by atoms with van der Waals surface area (Å²) in [4.78, 5) is 7.89. The molecule has 0 aliphatic carbocycles. The second kappa shape index (κ2) is 10.1. The van der Waals surface area contributed by atoms with Crippen LogP contribution in [0.15, 0.2) is 66.7 Å². The Balaban J connectivity index is 1.73. The van der Waals surface area contributed by atoms with E-state index in [1.165, 1.54) is 21.9 Å². The van der Waals surface area contributed by atoms with E-state index in [1.54, 1.807) is 7.11 Å². The molecule has 5 rings (SSSR count). The van der Waals surface area contributed by atoms with Crippen LogP contribution in [0.4, 0.5) is 5.82 Å². The number of benzene rings is 3. The molecular weight excluding hydrogens is 430 g/mol. The summed E-state index contributed by atoms with van der Waals surface area (Å²) in [5, 5.41) is 6.25. The highest BCUT2D eigenvalue weighted by molar-refractivity contribution is 6.07. The molecule has 1 saturated heterocycles. The third-order valence-corrected chi connectivity index (χ3v) is 7.29. The quantitative estimate of drug-likeness (QED) is 0.330. The minimum Gasteiger partial charge on any atom is -0.497 e. The maximum Gasteiger partial charge on any atom is 0.134 e. The maximum absolute atomic E-state index is 5.59. The van der Waals surface area contributed by atoms with Crippen LogP contribution in [0.3, 0.4) is 0 Å². The smallest absolute Gasteiger partial charge is 0.134 e. The molecule has 0 bridgehead atoms. The molecule has 0 atom stereocenters. The number of methoxy groups -OCH3 is 1. The van der Waals surface area contributed by atoms with Crippen molar-refractivity contribution in [3.8, 4) is 28.1 Å². The van der Waals surface area contributed by atoms with Crippen molar-refractivity contribution in [2.45, 2.75) is 39.7 Å². The van der Waals surface area contributed by atoms with Crippen LogP contribution in [0.25, 0.3) is 33.2 Å². The van der Waals surface area contributed by atoms with Gasteiger partial charge in [-0.25, -0.2) is 4.98 Å². The van der Waals surface area contributed by atoms with Gasteiger partial charge in [0.25, 0.3) is 0 Å². The highest BCUT2D eigenvalue weighted by Gasteiger charge is 2.22. The normalized spacial score (nSPS) is 14.9. The molecule has 4 aromatic rings. The van der Waals surface area contributed by atoms with Crippen LogP contribution in [-0.4, -0.2) is 42.7 Å². The van der Waals surface area contributed by atoms with E-state index in [2.05, 4.69) is 91.7 Å². The number of anilines is 1. The number of piperidine rings is 1. The van der Waals surface area contributed by atoms with E-state index in [1.807, 2.05) is 6.07 Å². The first kappa shape index (κ1) is 23.4. The van der Waals surface area contributed by atoms with Crippen LogP contribution in [0.5, 0.6) is 5.75 Å². The highest BCUT2D eigenvalue weighted by Crippen LogP contribution is 2.42. The molecule has 2 heterocycles. The molecular formula is C31H35N3O. The fraction of sp³-hybridized carbons (Fsp3) is 0.323. The van der Waals surface area contributed by atoms with Gasteiger partial charge in [-0.15, -0.1) is 0 Å². The Hall–Kier alpha value is -3.37. The zero-order chi connectivity index (χ0) is 24.4. The van der Waals surface area contributed by atoms with Gasteiger partial charge in [-0.05, 0) is 61.9 Å². The van der Waals surface area contributed by atoms with Crippen molar-refractivity contribution in [3.63, 3.8) is 0 Å². The number of fused-ring (bicyclic) bond motifs is 1. The lowest BCUT2D eigenvalue weighted by atomic mass is 9.91. The molecule has 4 nitrogen and oxygen atoms in total. The molecule has 0 spiro atoms. The van der Waals surface area contributed by atoms with Gasteiger partial charge in [-0.1, -0.05) is 67.1 Å². The van der Waals surface area contributed by atoms with Gasteiger partial charge in [0.15, 0.2) is 0 Å². The van der Waals surface area contributed by atoms with Crippen LogP contribution in [0, 0.1) is 13.8 Å². The van der Waals surface area contributed by atoms with Gasteiger partial charge >= 0.3 is 0 Å². The number of hydrogen-bond acceptors (Lipinski definition) is 4. The van der Waals surface area contributed by atoms with E-state index in [4.69, 9.17) is 9.72 Å². The Labute approximate surface area is 209 Å². The van der Waals surface area contributed by atoms with Crippen molar-refractivity contribution in [2.24, 2.45) is 0 Å². The highest BCUT2D eigenvalue weighted by atomic mass is 16.5. The summed E-state index contributed by atoms with van der Waals surface area (Å²) in [7, 11) is 1.72. The van der Waals surface area contributed by atoms with Crippen molar-refractivity contribution in [3.05, 3.63) is 77.9 Å². The zero-order valence-corrected chi connectivity index (χ0v) is 21.3. The molecule has 3 aromatic carbocycles. The van der Waals surface area contributed by atoms with Gasteiger partial charge in [0.1, 0.15) is 11.6 Å². The molecule has 0 saturated carbocycles. The Kier molecular flexibility index (Phi) is 6.74. The van der Waals surface area contributed by atoms with Gasteiger partial charge in [-0.3, -0.25) is 0 Å². The van der Waals surface area contributed by atoms with Gasteiger partial charge in [0.2, 0.25) is 0 Å². The number of rotatable bonds is 6. The van der Waals surface area contributed by atoms with E-state index < -0.39 is 0 Å². The molecule has 1 aliphatic heterocycles. The van der Waals surface area contributed by atoms with Gasteiger partial charge in [-0.2, -0.15) is 0 Å². The largest absolute Gasteiger partial charge is 0.497 e. The van der Waals surface area contributed by atoms with Crippen molar-refractivity contribution in [1.82, 2.24) is 9.88 Å². The molecule has 0 unspecified atom stereocenters. The molecule has 35 heavy (non-hydrogen) atoms. The van der Waals surface area contributed by atoms with E-state index in [0.29, 0.717) is 6.04 Å². The van der Waals surface area contributed by atoms with Gasteiger partial charge in [0.05, 0.1) is 12.8 Å². The number of likely N-dealkylation sites (tertiary alicyclic amines) is 1. The Morgan fingerprint density at radius 1 is 0.943 bits per heavy atom. The molecule has 1 fully saturated rings. The monoisotopic (exact) mass is 465 g/mol. The van der Waals surface area contributed by atoms with Crippen LogP contribution in [-0.2, 0) is 0 Å². The molecule has 0 radical (unpaired) electrons. The number of aromatic nitrogens is 1. The number of nitrogens with zero attached hydrogens (tertiary/aromatic N) is 2. The number of hydrogen-bond donors (Lipinski definition) is 1. The third-order valence-electron chi connectivity index (χ3n) is 7.29. The van der Waals surface area contributed by atoms with Crippen molar-refractivity contribution < 1.29 is 4.74 Å². The summed E-state index contributed by atoms with van der Waals surface area (Å²) >= 11 is 0. The molecule has 1 N–H and O–H groups in total. The fourth-order valence-electron chi connectivity index (χ4n) is 5.23. The van der Waals surface area contributed by atoms with Crippen molar-refractivity contribution in [1.29, 1.82) is 0 Å². The second-order valence-corrected chi connectivity index (χ2v) is 9.63. The third kappa shape index (κ3) is 4.76. The summed E-state index contributed by atoms with van der Waals surface area (Å²) in [6.45, 7) is 9.98. The number of aryl methyl sites for hydroxylation is 2. The second-order valence-electron chi connectivity index (χ2n) is 9.63. The molecule has 180 valence electrons. The lowest BCUT2D eigenvalue weighted by molar-refractivity contribution is 0.229. The van der Waals surface area contributed by atoms with Crippen LogP contribution >= 0.6 is 0 Å². The van der Waals surface area contributed by atoms with E-state index >= 15 is 0 Å². The number of ether oxygens (including phenoxy) is 1. The molecule has 0 amide bonds. The SMILES string of the molecule is CCN1CCC(Nc2nc(-c3ccccc3C)c(-c3cccc(OC)c3)c3cc(C)ccc23)CC1. The summed E-state index contributed by atoms with van der Waals surface area (Å²) < 4.78 is 5.59. The number of nitrogens with one attached hydrogen (secondary N) is 1. The van der Waals surface area contributed by atoms with Crippen LogP contribution in [0.1, 0.15) is 30.9 Å². The summed E-state index contributed by atoms with van der Waals surface area (Å²) in [6.07, 6.45) is 2.28. The summed E-state index contributed by atoms with van der Waals surface area (Å²) in [6, 6.07) is 24.0. The Morgan fingerprint density at radius 2 is 1.74 bits per heavy atom. The van der Waals surface area contributed by atoms with Gasteiger partial charge in [0, 0.05) is 35.6 Å². The van der Waals surface area contributed by atoms with E-state index in [0.717, 1.165) is 66.4 Å². The average Bonchev–Trinajstić information content (AvgIpc) is 2.89. The first-order chi connectivity index (χ1) is 17.1. The first-order valence-corrected chi connectivity index (χ1v) is 12.7. The minimum absolute atomic E-state index is 0.433. The fourth-order valence-corrected chi connectivity index (χ4v) is 5.23. The first-order valence-electron chi connectivity index (χ1n) is 12.7. The topological polar surface area (TPSA) is 37.4 Å². The van der Waals surface area contributed by atoms with Crippen LogP contribution < -0.4 is 10.1 Å². The lowest BCUT2D eigenvalue weighted by Gasteiger charge is -2.32. The lowest BCUT2D eigenvalue weighted by Crippen LogP contribution is -2.39. The van der Waals surface area contributed by atoms with E-state index in [9.17, 15) is 0 Å². The standard InChI is InChI=1S/C31H35N3O/c1-5-34-17-15-24(16-18-34)32-31-27-14-13-21(2)19-28(27)29(23-10-8-11-25(20-23)35-4)30(33-31)26-12-7-6-9-22(26)3/h6-14,19-20,24H,5,15-18H2,1-4H3,(H,32,33). The van der Waals surface area contributed by atoms with Crippen molar-refractivity contribution in [2.75, 3.05) is 32.1 Å². The average molecular weight is 466 g/mol. The van der Waals surface area contributed by atoms with E-state index in [-0.39, 0.29) is 0 Å². The minimum atomic E-state index is 0.433. The molecule has 4 heteroatoms. The Morgan fingerprint density at radius 3 is 2.49 bits per heavy atom. The summed E-state index contributed by atoms with van der Waals surface area (Å²) in [5.74, 6) is 1.84. The van der Waals surface area contributed by atoms with Gasteiger partial charge < -0.3 is 15.0 Å². The molecule has 1 aromatic heterocycles.